The predicted octanol–water partition coefficient (Wildman–Crippen LogP) is 3.07. The molecule has 218 valence electrons. The van der Waals surface area contributed by atoms with Crippen molar-refractivity contribution in [2.45, 2.75) is 12.5 Å². The number of nitrogens with zero attached hydrogens (tertiary/aromatic N) is 5. The van der Waals surface area contributed by atoms with Crippen LogP contribution in [0.1, 0.15) is 15.9 Å². The van der Waals surface area contributed by atoms with Crippen molar-refractivity contribution in [2.75, 3.05) is 65.1 Å². The van der Waals surface area contributed by atoms with Crippen molar-refractivity contribution >= 4 is 34.5 Å². The molecule has 1 saturated heterocycles. The standard InChI is InChI=1S/C32H37N7O3/c1-37(2)31(41)27(19-21-9-11-22(12-10-21)24-7-5-6-8-28(24)42-4)34-30(40)23-13-14-25-26(20-23)35-32(33)36-29(25)39-17-15-38(3)16-18-39/h5-14,20,27H,15-19H2,1-4H3,(H,34,40)(H2,33,35,36)/t27-/m0/s1. The zero-order chi connectivity index (χ0) is 29.8. The van der Waals surface area contributed by atoms with E-state index >= 15 is 0 Å². The summed E-state index contributed by atoms with van der Waals surface area (Å²) in [6.07, 6.45) is 0.339. The van der Waals surface area contributed by atoms with Crippen LogP contribution in [0.5, 0.6) is 5.75 Å². The molecule has 1 aliphatic rings. The second kappa shape index (κ2) is 12.4. The number of ether oxygens (including phenoxy) is 1. The highest BCUT2D eigenvalue weighted by Gasteiger charge is 2.25. The Morgan fingerprint density at radius 2 is 1.71 bits per heavy atom. The quantitative estimate of drug-likeness (QED) is 0.334. The lowest BCUT2D eigenvalue weighted by molar-refractivity contribution is -0.130. The summed E-state index contributed by atoms with van der Waals surface area (Å²) in [5.74, 6) is 1.17. The molecule has 3 N–H and O–H groups in total. The minimum atomic E-state index is -0.753. The number of carbonyl (C=O) groups excluding carboxylic acids is 2. The van der Waals surface area contributed by atoms with Crippen LogP contribution in [0.25, 0.3) is 22.0 Å². The van der Waals surface area contributed by atoms with E-state index in [1.165, 1.54) is 4.90 Å². The SMILES string of the molecule is COc1ccccc1-c1ccc(C[C@H](NC(=O)c2ccc3c(N4CCN(C)CC4)nc(N)nc3c2)C(=O)N(C)C)cc1. The minimum Gasteiger partial charge on any atom is -0.496 e. The van der Waals surface area contributed by atoms with E-state index in [0.717, 1.165) is 59.8 Å². The first-order valence-corrected chi connectivity index (χ1v) is 14.0. The van der Waals surface area contributed by atoms with E-state index in [0.29, 0.717) is 17.5 Å². The zero-order valence-electron chi connectivity index (χ0n) is 24.5. The maximum atomic E-state index is 13.4. The van der Waals surface area contributed by atoms with Crippen molar-refractivity contribution in [3.63, 3.8) is 0 Å². The van der Waals surface area contributed by atoms with Gasteiger partial charge in [0.1, 0.15) is 17.6 Å². The van der Waals surface area contributed by atoms with Crippen molar-refractivity contribution in [3.8, 4) is 16.9 Å². The monoisotopic (exact) mass is 567 g/mol. The summed E-state index contributed by atoms with van der Waals surface area (Å²) in [6, 6.07) is 20.3. The van der Waals surface area contributed by atoms with Crippen LogP contribution in [0.3, 0.4) is 0 Å². The number of fused-ring (bicyclic) bond motifs is 1. The van der Waals surface area contributed by atoms with Gasteiger partial charge in [0.2, 0.25) is 11.9 Å². The van der Waals surface area contributed by atoms with E-state index in [2.05, 4.69) is 32.1 Å². The molecular weight excluding hydrogens is 530 g/mol. The van der Waals surface area contributed by atoms with Crippen LogP contribution >= 0.6 is 0 Å². The zero-order valence-corrected chi connectivity index (χ0v) is 24.5. The molecule has 42 heavy (non-hydrogen) atoms. The van der Waals surface area contributed by atoms with Crippen LogP contribution in [-0.4, -0.2) is 92.1 Å². The summed E-state index contributed by atoms with van der Waals surface area (Å²) >= 11 is 0. The normalized spacial score (nSPS) is 14.4. The van der Waals surface area contributed by atoms with Crippen LogP contribution in [0, 0.1) is 0 Å². The molecule has 10 heteroatoms. The van der Waals surface area contributed by atoms with Crippen LogP contribution in [0.4, 0.5) is 11.8 Å². The first kappa shape index (κ1) is 28.8. The number of nitrogen functional groups attached to an aromatic ring is 1. The fourth-order valence-corrected chi connectivity index (χ4v) is 5.22. The number of aromatic nitrogens is 2. The molecule has 10 nitrogen and oxygen atoms in total. The third-order valence-electron chi connectivity index (χ3n) is 7.62. The van der Waals surface area contributed by atoms with Gasteiger partial charge in [-0.1, -0.05) is 42.5 Å². The first-order valence-electron chi connectivity index (χ1n) is 14.0. The van der Waals surface area contributed by atoms with Crippen molar-refractivity contribution in [1.82, 2.24) is 25.1 Å². The average molecular weight is 568 g/mol. The molecule has 0 radical (unpaired) electrons. The lowest BCUT2D eigenvalue weighted by Crippen LogP contribution is -2.47. The Labute approximate surface area is 246 Å². The second-order valence-electron chi connectivity index (χ2n) is 10.8. The van der Waals surface area contributed by atoms with E-state index in [4.69, 9.17) is 10.5 Å². The molecule has 0 aliphatic carbocycles. The maximum absolute atomic E-state index is 13.4. The largest absolute Gasteiger partial charge is 0.496 e. The van der Waals surface area contributed by atoms with Gasteiger partial charge in [0.15, 0.2) is 0 Å². The van der Waals surface area contributed by atoms with E-state index in [9.17, 15) is 9.59 Å². The van der Waals surface area contributed by atoms with Crippen molar-refractivity contribution in [3.05, 3.63) is 77.9 Å². The lowest BCUT2D eigenvalue weighted by Gasteiger charge is -2.33. The molecule has 0 spiro atoms. The average Bonchev–Trinajstić information content (AvgIpc) is 3.00. The number of rotatable bonds is 8. The van der Waals surface area contributed by atoms with Gasteiger partial charge in [-0.05, 0) is 42.4 Å². The molecule has 1 fully saturated rings. The minimum absolute atomic E-state index is 0.159. The highest BCUT2D eigenvalue weighted by atomic mass is 16.5. The Balaban J connectivity index is 1.36. The molecule has 5 rings (SSSR count). The summed E-state index contributed by atoms with van der Waals surface area (Å²) in [4.78, 5) is 41.5. The molecule has 2 amide bonds. The summed E-state index contributed by atoms with van der Waals surface area (Å²) in [7, 11) is 7.11. The number of para-hydroxylation sites is 1. The Hall–Kier alpha value is -4.70. The molecule has 1 aliphatic heterocycles. The third-order valence-corrected chi connectivity index (χ3v) is 7.62. The summed E-state index contributed by atoms with van der Waals surface area (Å²) in [5.41, 5.74) is 9.97. The number of amides is 2. The van der Waals surface area contributed by atoms with E-state index in [-0.39, 0.29) is 17.8 Å². The van der Waals surface area contributed by atoms with Gasteiger partial charge < -0.3 is 30.5 Å². The van der Waals surface area contributed by atoms with Crippen LogP contribution < -0.4 is 20.7 Å². The van der Waals surface area contributed by atoms with E-state index < -0.39 is 6.04 Å². The molecule has 1 atom stereocenters. The van der Waals surface area contributed by atoms with Crippen LogP contribution in [0.2, 0.25) is 0 Å². The van der Waals surface area contributed by atoms with Crippen LogP contribution in [0.15, 0.2) is 66.7 Å². The summed E-state index contributed by atoms with van der Waals surface area (Å²) in [5, 5.41) is 3.78. The highest BCUT2D eigenvalue weighted by Crippen LogP contribution is 2.30. The van der Waals surface area contributed by atoms with Gasteiger partial charge in [-0.3, -0.25) is 9.59 Å². The number of nitrogens with two attached hydrogens (primary N) is 1. The first-order chi connectivity index (χ1) is 20.2. The number of piperazine rings is 1. The molecule has 2 heterocycles. The summed E-state index contributed by atoms with van der Waals surface area (Å²) in [6.45, 7) is 3.52. The Morgan fingerprint density at radius 1 is 1.00 bits per heavy atom. The lowest BCUT2D eigenvalue weighted by atomic mass is 9.99. The van der Waals surface area contributed by atoms with Crippen molar-refractivity contribution in [2.24, 2.45) is 0 Å². The van der Waals surface area contributed by atoms with Crippen LogP contribution in [-0.2, 0) is 11.2 Å². The molecule has 3 aromatic carbocycles. The topological polar surface area (TPSA) is 117 Å². The van der Waals surface area contributed by atoms with Gasteiger partial charge in [0.25, 0.3) is 5.91 Å². The van der Waals surface area contributed by atoms with Gasteiger partial charge in [-0.2, -0.15) is 4.98 Å². The summed E-state index contributed by atoms with van der Waals surface area (Å²) < 4.78 is 5.50. The van der Waals surface area contributed by atoms with Crippen molar-refractivity contribution in [1.29, 1.82) is 0 Å². The Bertz CT molecular complexity index is 1580. The Kier molecular flexibility index (Phi) is 8.53. The number of methoxy groups -OCH3 is 1. The number of hydrogen-bond donors (Lipinski definition) is 2. The van der Waals surface area contributed by atoms with E-state index in [1.807, 2.05) is 54.6 Å². The number of hydrogen-bond acceptors (Lipinski definition) is 8. The van der Waals surface area contributed by atoms with Crippen molar-refractivity contribution < 1.29 is 14.3 Å². The van der Waals surface area contributed by atoms with Gasteiger partial charge in [0, 0.05) is 63.2 Å². The second-order valence-corrected chi connectivity index (χ2v) is 10.8. The molecule has 1 aromatic heterocycles. The number of likely N-dealkylation sites (N-methyl/N-ethyl adjacent to an activating group) is 2. The molecule has 4 aromatic rings. The predicted molar refractivity (Wildman–Crippen MR) is 166 cm³/mol. The number of carbonyl (C=O) groups is 2. The maximum Gasteiger partial charge on any atom is 0.252 e. The van der Waals surface area contributed by atoms with Gasteiger partial charge in [-0.15, -0.1) is 0 Å². The number of benzene rings is 3. The molecular formula is C32H37N7O3. The Morgan fingerprint density at radius 3 is 2.40 bits per heavy atom. The van der Waals surface area contributed by atoms with Gasteiger partial charge >= 0.3 is 0 Å². The van der Waals surface area contributed by atoms with E-state index in [1.54, 1.807) is 33.3 Å². The smallest absolute Gasteiger partial charge is 0.252 e. The third kappa shape index (κ3) is 6.28. The fourth-order valence-electron chi connectivity index (χ4n) is 5.22. The number of anilines is 2. The molecule has 0 unspecified atom stereocenters. The number of nitrogens with one attached hydrogen (secondary N) is 1. The van der Waals surface area contributed by atoms with Gasteiger partial charge in [-0.25, -0.2) is 4.98 Å². The molecule has 0 bridgehead atoms. The molecule has 0 saturated carbocycles. The van der Waals surface area contributed by atoms with Gasteiger partial charge in [0.05, 0.1) is 12.6 Å². The fraction of sp³-hybridized carbons (Fsp3) is 0.312. The highest BCUT2D eigenvalue weighted by molar-refractivity contribution is 6.02.